The zero-order valence-corrected chi connectivity index (χ0v) is 21.5. The standard InChI is InChI=1S/2C7H18NSi.C4H8O.Co/c2*1-7(2,3)8-9(4,5)6;1-2-4-5-3-1;/h2*1-6H3;1-4H2;/q2*-1;;+2. The largest absolute Gasteiger partial charge is 2.00 e. The fourth-order valence-corrected chi connectivity index (χ4v) is 6.55. The van der Waals surface area contributed by atoms with Crippen LogP contribution < -0.4 is 0 Å². The minimum absolute atomic E-state index is 0. The molecule has 0 N–H and O–H groups in total. The minimum atomic E-state index is -1.17. The normalized spacial score (nSPS) is 15.5. The maximum Gasteiger partial charge on any atom is 2.00 e. The molecule has 1 aliphatic heterocycles. The van der Waals surface area contributed by atoms with Gasteiger partial charge in [-0.2, -0.15) is 0 Å². The number of nitrogens with zero attached hydrogens (tertiary/aromatic N) is 2. The van der Waals surface area contributed by atoms with Gasteiger partial charge in [-0.1, -0.05) is 97.3 Å². The zero-order valence-electron chi connectivity index (χ0n) is 18.5. The molecule has 3 nitrogen and oxygen atoms in total. The van der Waals surface area contributed by atoms with Crippen LogP contribution in [0.1, 0.15) is 54.4 Å². The van der Waals surface area contributed by atoms with Gasteiger partial charge in [-0.15, -0.1) is 11.1 Å². The SMILES string of the molecule is C1CCOC1.CC(C)(C)[N-][Si](C)(C)C.CC(C)(C)[N-][Si](C)(C)C.[Co+2]. The van der Waals surface area contributed by atoms with Gasteiger partial charge >= 0.3 is 16.8 Å². The van der Waals surface area contributed by atoms with Crippen molar-refractivity contribution in [2.75, 3.05) is 13.2 Å². The molecule has 1 aliphatic rings. The van der Waals surface area contributed by atoms with Gasteiger partial charge in [0.05, 0.1) is 0 Å². The molecule has 0 saturated carbocycles. The van der Waals surface area contributed by atoms with E-state index in [1.165, 1.54) is 12.8 Å². The van der Waals surface area contributed by atoms with E-state index < -0.39 is 16.5 Å². The molecule has 0 unspecified atom stereocenters. The number of rotatable bonds is 2. The first kappa shape index (κ1) is 29.6. The smallest absolute Gasteiger partial charge is 0.660 e. The molecule has 1 saturated heterocycles. The maximum atomic E-state index is 4.94. The summed E-state index contributed by atoms with van der Waals surface area (Å²) in [5.74, 6) is 0. The van der Waals surface area contributed by atoms with E-state index in [0.717, 1.165) is 13.2 Å². The van der Waals surface area contributed by atoms with Crippen molar-refractivity contribution in [3.63, 3.8) is 0 Å². The summed E-state index contributed by atoms with van der Waals surface area (Å²) in [5.41, 5.74) is 0.342. The first-order chi connectivity index (χ1) is 9.91. The van der Waals surface area contributed by atoms with Crippen LogP contribution in [0.5, 0.6) is 0 Å². The van der Waals surface area contributed by atoms with Gasteiger partial charge in [-0.3, -0.25) is 0 Å². The van der Waals surface area contributed by atoms with Gasteiger partial charge in [-0.25, -0.2) is 0 Å². The number of hydrogen-bond acceptors (Lipinski definition) is 1. The number of hydrogen-bond donors (Lipinski definition) is 0. The van der Waals surface area contributed by atoms with Crippen LogP contribution in [0.25, 0.3) is 9.96 Å². The fourth-order valence-electron chi connectivity index (χ4n) is 2.52. The molecular weight excluding hydrogens is 375 g/mol. The van der Waals surface area contributed by atoms with Crippen LogP contribution >= 0.6 is 0 Å². The molecule has 0 spiro atoms. The Morgan fingerprint density at radius 3 is 0.917 bits per heavy atom. The molecule has 1 heterocycles. The van der Waals surface area contributed by atoms with Crippen LogP contribution in [0, 0.1) is 0 Å². The van der Waals surface area contributed by atoms with Gasteiger partial charge in [0.25, 0.3) is 0 Å². The van der Waals surface area contributed by atoms with Crippen molar-refractivity contribution >= 4 is 16.5 Å². The van der Waals surface area contributed by atoms with Gasteiger partial charge in [0.15, 0.2) is 0 Å². The Hall–Kier alpha value is 0.820. The van der Waals surface area contributed by atoms with Crippen molar-refractivity contribution < 1.29 is 21.5 Å². The Kier molecular flexibility index (Phi) is 15.1. The van der Waals surface area contributed by atoms with Crippen LogP contribution in [0.15, 0.2) is 0 Å². The molecule has 0 amide bonds. The van der Waals surface area contributed by atoms with E-state index >= 15 is 0 Å². The second-order valence-electron chi connectivity index (χ2n) is 10.2. The molecule has 0 atom stereocenters. The summed E-state index contributed by atoms with van der Waals surface area (Å²) in [6.07, 6.45) is 2.56. The van der Waals surface area contributed by atoms with Crippen molar-refractivity contribution in [1.82, 2.24) is 0 Å². The van der Waals surface area contributed by atoms with E-state index in [0.29, 0.717) is 0 Å². The first-order valence-electron chi connectivity index (χ1n) is 8.97. The van der Waals surface area contributed by atoms with Crippen molar-refractivity contribution in [3.05, 3.63) is 9.96 Å². The monoisotopic (exact) mass is 419 g/mol. The van der Waals surface area contributed by atoms with Gasteiger partial charge < -0.3 is 14.7 Å². The Labute approximate surface area is 165 Å². The molecule has 0 bridgehead atoms. The van der Waals surface area contributed by atoms with E-state index in [9.17, 15) is 0 Å². The second-order valence-corrected chi connectivity index (χ2v) is 19.4. The van der Waals surface area contributed by atoms with Crippen LogP contribution in [-0.4, -0.2) is 40.8 Å². The maximum absolute atomic E-state index is 4.94. The van der Waals surface area contributed by atoms with Crippen molar-refractivity contribution in [2.45, 2.75) is 105 Å². The van der Waals surface area contributed by atoms with E-state index in [-0.39, 0.29) is 27.9 Å². The molecule has 1 rings (SSSR count). The summed E-state index contributed by atoms with van der Waals surface area (Å²) in [7, 11) is -2.34. The summed E-state index contributed by atoms with van der Waals surface area (Å²) in [6.45, 7) is 28.5. The predicted octanol–water partition coefficient (Wildman–Crippen LogP) is 6.78. The first-order valence-corrected chi connectivity index (χ1v) is 15.9. The minimum Gasteiger partial charge on any atom is -0.660 e. The molecule has 149 valence electrons. The van der Waals surface area contributed by atoms with Crippen LogP contribution in [0.2, 0.25) is 39.3 Å². The Bertz CT molecular complexity index is 238. The van der Waals surface area contributed by atoms with Crippen molar-refractivity contribution in [2.24, 2.45) is 0 Å². The molecule has 1 radical (unpaired) electrons. The molecule has 0 aromatic heterocycles. The molecule has 6 heteroatoms. The average Bonchev–Trinajstić information content (AvgIpc) is 2.60. The van der Waals surface area contributed by atoms with E-state index in [1.54, 1.807) is 0 Å². The van der Waals surface area contributed by atoms with Gasteiger partial charge in [0.1, 0.15) is 0 Å². The average molecular weight is 420 g/mol. The molecule has 0 aromatic rings. The Morgan fingerprint density at radius 1 is 0.625 bits per heavy atom. The molecule has 1 fully saturated rings. The third-order valence-corrected chi connectivity index (χ3v) is 4.85. The van der Waals surface area contributed by atoms with Crippen LogP contribution in [-0.2, 0) is 21.5 Å². The molecule has 0 aromatic carbocycles. The second kappa shape index (κ2) is 12.3. The summed E-state index contributed by atoms with van der Waals surface area (Å²) in [6, 6.07) is 0. The summed E-state index contributed by atoms with van der Waals surface area (Å²) < 4.78 is 4.94. The molecule has 24 heavy (non-hydrogen) atoms. The van der Waals surface area contributed by atoms with Crippen LogP contribution in [0.4, 0.5) is 0 Å². The summed E-state index contributed by atoms with van der Waals surface area (Å²) in [4.78, 5) is 9.36. The third-order valence-electron chi connectivity index (χ3n) is 2.17. The number of ether oxygens (including phenoxy) is 1. The Morgan fingerprint density at radius 2 is 0.875 bits per heavy atom. The van der Waals surface area contributed by atoms with Gasteiger partial charge in [0, 0.05) is 13.2 Å². The van der Waals surface area contributed by atoms with E-state index in [1.807, 2.05) is 0 Å². The van der Waals surface area contributed by atoms with E-state index in [2.05, 4.69) is 90.8 Å². The summed E-state index contributed by atoms with van der Waals surface area (Å²) >= 11 is 0. The summed E-state index contributed by atoms with van der Waals surface area (Å²) in [5, 5.41) is 0. The topological polar surface area (TPSA) is 37.4 Å². The quantitative estimate of drug-likeness (QED) is 0.454. The molecular formula is C18H44CoN2OSi2. The fraction of sp³-hybridized carbons (Fsp3) is 1.00. The van der Waals surface area contributed by atoms with E-state index in [4.69, 9.17) is 4.74 Å². The van der Waals surface area contributed by atoms with Crippen LogP contribution in [0.3, 0.4) is 0 Å². The predicted molar refractivity (Wildman–Crippen MR) is 113 cm³/mol. The Balaban J connectivity index is -0.000000279. The molecule has 0 aliphatic carbocycles. The third kappa shape index (κ3) is 34.2. The van der Waals surface area contributed by atoms with Gasteiger partial charge in [-0.05, 0) is 12.8 Å². The zero-order chi connectivity index (χ0) is 18.9. The van der Waals surface area contributed by atoms with Crippen molar-refractivity contribution in [1.29, 1.82) is 0 Å². The van der Waals surface area contributed by atoms with Gasteiger partial charge in [0.2, 0.25) is 0 Å². The van der Waals surface area contributed by atoms with Crippen molar-refractivity contribution in [3.8, 4) is 0 Å².